The zero-order valence-electron chi connectivity index (χ0n) is 23.0. The lowest BCUT2D eigenvalue weighted by Crippen LogP contribution is -2.53. The largest absolute Gasteiger partial charge is 0.496 e. The number of ether oxygens (including phenoxy) is 1. The minimum absolute atomic E-state index is 0.0299. The highest BCUT2D eigenvalue weighted by atomic mass is 16.5. The third-order valence-electron chi connectivity index (χ3n) is 9.41. The Morgan fingerprint density at radius 3 is 2.39 bits per heavy atom. The molecule has 204 valence electrons. The van der Waals surface area contributed by atoms with E-state index in [1.165, 1.54) is 12.0 Å². The normalized spacial score (nSPS) is 27.3. The number of hydrazine groups is 1. The standard InChI is InChI=1S/C31H42N4O3/c1-35(2)31(24-12-5-4-6-13-24)17-15-30(16-18-31)20-26(33-34-30)25-14-8-11-23(28(25)38-3)21-32-29(37)27(36)19-22-9-7-10-22/h4-6,8,11-14,22,26,33-34H,7,9-10,15-21H2,1-3H3,(H,32,37)/t26-,30?,31?/m0/s1. The number of amides is 1. The number of carbonyl (C=O) groups is 2. The predicted molar refractivity (Wildman–Crippen MR) is 148 cm³/mol. The highest BCUT2D eigenvalue weighted by Gasteiger charge is 2.48. The van der Waals surface area contributed by atoms with Gasteiger partial charge in [0.15, 0.2) is 0 Å². The Hall–Kier alpha value is -2.74. The van der Waals surface area contributed by atoms with E-state index in [9.17, 15) is 9.59 Å². The van der Waals surface area contributed by atoms with Crippen LogP contribution in [0, 0.1) is 5.92 Å². The number of carbonyl (C=O) groups excluding carboxylic acids is 2. The van der Waals surface area contributed by atoms with E-state index >= 15 is 0 Å². The second-order valence-corrected chi connectivity index (χ2v) is 11.7. The van der Waals surface area contributed by atoms with Crippen molar-refractivity contribution in [2.75, 3.05) is 21.2 Å². The van der Waals surface area contributed by atoms with Crippen LogP contribution in [0.4, 0.5) is 0 Å². The summed E-state index contributed by atoms with van der Waals surface area (Å²) in [6.07, 6.45) is 8.93. The summed E-state index contributed by atoms with van der Waals surface area (Å²) in [5, 5.41) is 2.83. The lowest BCUT2D eigenvalue weighted by atomic mass is 9.67. The third-order valence-corrected chi connectivity index (χ3v) is 9.41. The topological polar surface area (TPSA) is 82.7 Å². The van der Waals surface area contributed by atoms with E-state index in [1.807, 2.05) is 12.1 Å². The molecule has 1 atom stereocenters. The first-order valence-electron chi connectivity index (χ1n) is 14.1. The molecule has 38 heavy (non-hydrogen) atoms. The van der Waals surface area contributed by atoms with Crippen LogP contribution in [-0.2, 0) is 21.7 Å². The minimum atomic E-state index is -0.492. The van der Waals surface area contributed by atoms with E-state index in [0.29, 0.717) is 12.3 Å². The number of hydrogen-bond donors (Lipinski definition) is 3. The maximum Gasteiger partial charge on any atom is 0.287 e. The molecule has 7 heteroatoms. The van der Waals surface area contributed by atoms with Crippen LogP contribution in [0.25, 0.3) is 0 Å². The fourth-order valence-electron chi connectivity index (χ4n) is 6.73. The lowest BCUT2D eigenvalue weighted by Gasteiger charge is -2.49. The van der Waals surface area contributed by atoms with E-state index in [-0.39, 0.29) is 29.4 Å². The van der Waals surface area contributed by atoms with Crippen molar-refractivity contribution in [1.82, 2.24) is 21.1 Å². The van der Waals surface area contributed by atoms with Gasteiger partial charge in [-0.3, -0.25) is 19.9 Å². The van der Waals surface area contributed by atoms with Crippen molar-refractivity contribution in [3.63, 3.8) is 0 Å². The van der Waals surface area contributed by atoms with Crippen LogP contribution in [-0.4, -0.2) is 43.3 Å². The van der Waals surface area contributed by atoms with Crippen molar-refractivity contribution in [3.8, 4) is 5.75 Å². The highest BCUT2D eigenvalue weighted by Crippen LogP contribution is 2.49. The molecule has 0 radical (unpaired) electrons. The maximum absolute atomic E-state index is 12.4. The zero-order chi connectivity index (χ0) is 26.8. The zero-order valence-corrected chi connectivity index (χ0v) is 23.0. The van der Waals surface area contributed by atoms with Gasteiger partial charge in [0.2, 0.25) is 5.78 Å². The van der Waals surface area contributed by atoms with Gasteiger partial charge in [-0.15, -0.1) is 0 Å². The monoisotopic (exact) mass is 518 g/mol. The van der Waals surface area contributed by atoms with E-state index in [2.05, 4.69) is 71.6 Å². The molecule has 7 nitrogen and oxygen atoms in total. The molecule has 3 N–H and O–H groups in total. The van der Waals surface area contributed by atoms with Crippen molar-refractivity contribution in [2.45, 2.75) is 81.5 Å². The Balaban J connectivity index is 1.25. The molecule has 1 heterocycles. The molecule has 2 aliphatic carbocycles. The number of ketones is 1. The van der Waals surface area contributed by atoms with Crippen molar-refractivity contribution in [1.29, 1.82) is 0 Å². The van der Waals surface area contributed by atoms with Crippen LogP contribution in [0.3, 0.4) is 0 Å². The molecule has 1 amide bonds. The summed E-state index contributed by atoms with van der Waals surface area (Å²) < 4.78 is 5.86. The number of benzene rings is 2. The van der Waals surface area contributed by atoms with E-state index in [1.54, 1.807) is 7.11 Å². The quantitative estimate of drug-likeness (QED) is 0.428. The molecule has 0 aromatic heterocycles. The van der Waals surface area contributed by atoms with Crippen molar-refractivity contribution < 1.29 is 14.3 Å². The molecule has 0 unspecified atom stereocenters. The highest BCUT2D eigenvalue weighted by molar-refractivity contribution is 6.36. The predicted octanol–water partition coefficient (Wildman–Crippen LogP) is 4.38. The molecule has 2 saturated carbocycles. The number of para-hydroxylation sites is 1. The number of Topliss-reactive ketones (excluding diaryl/α,β-unsaturated/α-hetero) is 1. The van der Waals surface area contributed by atoms with Crippen molar-refractivity contribution in [2.24, 2.45) is 5.92 Å². The molecule has 3 fully saturated rings. The molecular formula is C31H42N4O3. The first-order valence-corrected chi connectivity index (χ1v) is 14.1. The fraction of sp³-hybridized carbons (Fsp3) is 0.548. The van der Waals surface area contributed by atoms with Crippen LogP contribution in [0.15, 0.2) is 48.5 Å². The van der Waals surface area contributed by atoms with Gasteiger partial charge < -0.3 is 10.1 Å². The van der Waals surface area contributed by atoms with E-state index < -0.39 is 5.91 Å². The molecule has 0 bridgehead atoms. The molecule has 2 aromatic rings. The summed E-state index contributed by atoms with van der Waals surface area (Å²) in [6, 6.07) is 17.1. The lowest BCUT2D eigenvalue weighted by molar-refractivity contribution is -0.138. The molecule has 1 saturated heterocycles. The first-order chi connectivity index (χ1) is 18.4. The Kier molecular flexibility index (Phi) is 7.89. The van der Waals surface area contributed by atoms with Crippen LogP contribution in [0.2, 0.25) is 0 Å². The third kappa shape index (κ3) is 5.24. The minimum Gasteiger partial charge on any atom is -0.496 e. The number of methoxy groups -OCH3 is 1. The molecule has 2 aromatic carbocycles. The van der Waals surface area contributed by atoms with Crippen LogP contribution >= 0.6 is 0 Å². The Bertz CT molecular complexity index is 1140. The second kappa shape index (κ2) is 11.2. The van der Waals surface area contributed by atoms with Gasteiger partial charge in [-0.25, -0.2) is 5.43 Å². The fourth-order valence-corrected chi connectivity index (χ4v) is 6.73. The van der Waals surface area contributed by atoms with Gasteiger partial charge in [0.05, 0.1) is 13.2 Å². The molecule has 5 rings (SSSR count). The van der Waals surface area contributed by atoms with Crippen molar-refractivity contribution in [3.05, 3.63) is 65.2 Å². The summed E-state index contributed by atoms with van der Waals surface area (Å²) >= 11 is 0. The Labute approximate surface area is 226 Å². The van der Waals surface area contributed by atoms with Gasteiger partial charge in [0.25, 0.3) is 5.91 Å². The summed E-state index contributed by atoms with van der Waals surface area (Å²) in [7, 11) is 6.07. The van der Waals surface area contributed by atoms with Crippen molar-refractivity contribution >= 4 is 11.7 Å². The molecular weight excluding hydrogens is 476 g/mol. The number of hydrogen-bond acceptors (Lipinski definition) is 6. The molecule has 3 aliphatic rings. The summed E-state index contributed by atoms with van der Waals surface area (Å²) in [5.74, 6) is 0.358. The smallest absolute Gasteiger partial charge is 0.287 e. The van der Waals surface area contributed by atoms with E-state index in [0.717, 1.165) is 61.8 Å². The summed E-state index contributed by atoms with van der Waals surface area (Å²) in [5.41, 5.74) is 10.7. The van der Waals surface area contributed by atoms with Crippen LogP contribution < -0.4 is 20.9 Å². The van der Waals surface area contributed by atoms with Gasteiger partial charge >= 0.3 is 0 Å². The summed E-state index contributed by atoms with van der Waals surface area (Å²) in [6.45, 7) is 0.278. The van der Waals surface area contributed by atoms with Gasteiger partial charge in [-0.2, -0.15) is 0 Å². The Morgan fingerprint density at radius 1 is 1.03 bits per heavy atom. The average molecular weight is 519 g/mol. The van der Waals surface area contributed by atoms with Gasteiger partial charge in [-0.05, 0) is 70.5 Å². The summed E-state index contributed by atoms with van der Waals surface area (Å²) in [4.78, 5) is 27.1. The van der Waals surface area contributed by atoms with Gasteiger partial charge in [0.1, 0.15) is 5.75 Å². The van der Waals surface area contributed by atoms with Crippen LogP contribution in [0.1, 0.15) is 80.5 Å². The molecule has 1 spiro atoms. The SMILES string of the molecule is COc1c(CNC(=O)C(=O)CC2CCC2)cccc1[C@@H]1CC2(CCC(c3ccccc3)(N(C)C)CC2)NN1. The Morgan fingerprint density at radius 2 is 1.76 bits per heavy atom. The number of rotatable bonds is 9. The van der Waals surface area contributed by atoms with Crippen LogP contribution in [0.5, 0.6) is 5.75 Å². The maximum atomic E-state index is 12.4. The first kappa shape index (κ1) is 26.9. The number of nitrogens with zero attached hydrogens (tertiary/aromatic N) is 1. The average Bonchev–Trinajstić information content (AvgIpc) is 3.33. The second-order valence-electron chi connectivity index (χ2n) is 11.7. The van der Waals surface area contributed by atoms with Gasteiger partial charge in [-0.1, -0.05) is 55.0 Å². The molecule has 1 aliphatic heterocycles. The van der Waals surface area contributed by atoms with Gasteiger partial charge in [0, 0.05) is 35.2 Å². The number of nitrogens with one attached hydrogen (secondary N) is 3. The van der Waals surface area contributed by atoms with E-state index in [4.69, 9.17) is 4.74 Å².